The van der Waals surface area contributed by atoms with Gasteiger partial charge in [0.15, 0.2) is 0 Å². The zero-order valence-corrected chi connectivity index (χ0v) is 24.6. The average Bonchev–Trinajstić information content (AvgIpc) is 3.82. The molecule has 1 aromatic rings. The first kappa shape index (κ1) is 32.1. The van der Waals surface area contributed by atoms with Gasteiger partial charge in [-0.15, -0.1) is 0 Å². The van der Waals surface area contributed by atoms with Crippen LogP contribution in [0.2, 0.25) is 0 Å². The number of amides is 2. The molecule has 0 radical (unpaired) electrons. The second-order valence-corrected chi connectivity index (χ2v) is 12.9. The first-order chi connectivity index (χ1) is 19.7. The molecule has 0 spiro atoms. The summed E-state index contributed by atoms with van der Waals surface area (Å²) in [7, 11) is -3.26. The SMILES string of the molecule is CC(S)OC1CC(N2CC(CNC3OC3C(F)(F)F)C(NC3OC3c3ccccc3)N(C)C2=O)OC1CO[PH](O)(O)O. The first-order valence-corrected chi connectivity index (χ1v) is 15.7. The number of nitrogens with one attached hydrogen (secondary N) is 2. The molecule has 0 aliphatic carbocycles. The molecule has 42 heavy (non-hydrogen) atoms. The zero-order chi connectivity index (χ0) is 30.4. The van der Waals surface area contributed by atoms with Crippen molar-refractivity contribution in [2.45, 2.75) is 74.2 Å². The van der Waals surface area contributed by atoms with Crippen LogP contribution in [0.1, 0.15) is 25.0 Å². The molecular weight excluding hydrogens is 608 g/mol. The van der Waals surface area contributed by atoms with Crippen molar-refractivity contribution in [3.63, 3.8) is 0 Å². The summed E-state index contributed by atoms with van der Waals surface area (Å²) in [5.74, 6) is -0.430. The van der Waals surface area contributed by atoms with Gasteiger partial charge in [-0.2, -0.15) is 13.2 Å². The van der Waals surface area contributed by atoms with E-state index in [-0.39, 0.29) is 25.6 Å². The molecule has 18 heteroatoms. The van der Waals surface area contributed by atoms with Crippen LogP contribution in [0.25, 0.3) is 0 Å². The summed E-state index contributed by atoms with van der Waals surface area (Å²) in [4.78, 5) is 44.4. The van der Waals surface area contributed by atoms with Gasteiger partial charge in [0.2, 0.25) is 0 Å². The van der Waals surface area contributed by atoms with Gasteiger partial charge in [0.1, 0.15) is 0 Å². The Morgan fingerprint density at radius 2 is 1.88 bits per heavy atom. The van der Waals surface area contributed by atoms with Crippen LogP contribution in [-0.4, -0.2) is 112 Å². The normalized spacial score (nSPS) is 36.3. The number of halogens is 3. The average molecular weight is 645 g/mol. The Morgan fingerprint density at radius 3 is 2.50 bits per heavy atom. The van der Waals surface area contributed by atoms with E-state index in [1.54, 1.807) is 14.0 Å². The summed E-state index contributed by atoms with van der Waals surface area (Å²) >= 11 is 4.24. The van der Waals surface area contributed by atoms with E-state index in [1.807, 2.05) is 30.3 Å². The fraction of sp³-hybridized carbons (Fsp3) is 0.708. The minimum atomic E-state index is -4.84. The maximum absolute atomic E-state index is 13.6. The standard InChI is InChI=1S/C24H36F3N4O9PS/c1-12(42)37-15-8-17(38-16(15)11-36-41(33,34)35)31-10-14(9-28-22-19(40-22)24(25,26)27)20(30(2)23(31)32)29-21-18(39-21)13-6-4-3-5-7-13/h3-7,12,14-22,28-29,33-35,41-42H,8-11H2,1-2H3. The molecule has 5 rings (SSSR count). The Labute approximate surface area is 246 Å². The molecule has 13 nitrogen and oxygen atoms in total. The van der Waals surface area contributed by atoms with Crippen LogP contribution in [0.4, 0.5) is 18.0 Å². The molecule has 4 saturated heterocycles. The van der Waals surface area contributed by atoms with Crippen molar-refractivity contribution in [2.75, 3.05) is 26.7 Å². The number of nitrogens with zero attached hydrogens (tertiary/aromatic N) is 2. The number of hydrogen-bond donors (Lipinski definition) is 6. The molecule has 1 aromatic carbocycles. The van der Waals surface area contributed by atoms with E-state index in [0.29, 0.717) is 0 Å². The van der Waals surface area contributed by atoms with Crippen LogP contribution >= 0.6 is 20.8 Å². The second-order valence-electron chi connectivity index (χ2n) is 10.8. The summed E-state index contributed by atoms with van der Waals surface area (Å²) in [6.45, 7) is 1.43. The first-order valence-electron chi connectivity index (χ1n) is 13.5. The van der Waals surface area contributed by atoms with Crippen molar-refractivity contribution in [3.05, 3.63) is 35.9 Å². The summed E-state index contributed by atoms with van der Waals surface area (Å²) in [6.07, 6.45) is -11.0. The molecular formula is C24H36F3N4O9PS. The number of rotatable bonds is 12. The minimum absolute atomic E-state index is 0.0757. The third kappa shape index (κ3) is 7.83. The van der Waals surface area contributed by atoms with Crippen molar-refractivity contribution in [1.82, 2.24) is 20.4 Å². The van der Waals surface area contributed by atoms with Crippen LogP contribution in [0.3, 0.4) is 0 Å². The van der Waals surface area contributed by atoms with Crippen molar-refractivity contribution < 1.29 is 56.1 Å². The van der Waals surface area contributed by atoms with E-state index >= 15 is 0 Å². The van der Waals surface area contributed by atoms with Gasteiger partial charge in [-0.25, -0.2) is 0 Å². The van der Waals surface area contributed by atoms with Crippen LogP contribution in [0.15, 0.2) is 30.3 Å². The maximum atomic E-state index is 13.6. The second kappa shape index (κ2) is 12.6. The van der Waals surface area contributed by atoms with Crippen LogP contribution in [0, 0.1) is 5.92 Å². The van der Waals surface area contributed by atoms with Crippen LogP contribution < -0.4 is 10.6 Å². The van der Waals surface area contributed by atoms with Crippen molar-refractivity contribution in [2.24, 2.45) is 5.92 Å². The predicted octanol–water partition coefficient (Wildman–Crippen LogP) is 1.04. The van der Waals surface area contributed by atoms with E-state index < -0.39 is 81.5 Å². The molecule has 2 amide bonds. The number of carbonyl (C=O) groups is 1. The molecule has 0 saturated carbocycles. The van der Waals surface area contributed by atoms with Gasteiger partial charge in [0.25, 0.3) is 0 Å². The molecule has 4 heterocycles. The summed E-state index contributed by atoms with van der Waals surface area (Å²) in [5.41, 5.74) is 0.425. The third-order valence-corrected chi connectivity index (χ3v) is 8.21. The van der Waals surface area contributed by atoms with Gasteiger partial charge in [-0.1, -0.05) is 30.3 Å². The number of carbonyl (C=O) groups excluding carboxylic acids is 1. The Kier molecular flexibility index (Phi) is 9.60. The molecule has 238 valence electrons. The summed E-state index contributed by atoms with van der Waals surface area (Å²) < 4.78 is 66.3. The van der Waals surface area contributed by atoms with E-state index in [2.05, 4.69) is 23.3 Å². The number of ether oxygens (including phenoxy) is 4. The van der Waals surface area contributed by atoms with Crippen molar-refractivity contribution in [1.29, 1.82) is 0 Å². The Morgan fingerprint density at radius 1 is 1.17 bits per heavy atom. The number of epoxide rings is 2. The van der Waals surface area contributed by atoms with Gasteiger partial charge < -0.3 is 0 Å². The number of thiol groups is 1. The van der Waals surface area contributed by atoms with Gasteiger partial charge in [-0.3, -0.25) is 0 Å². The molecule has 0 aromatic heterocycles. The topological polar surface area (TPSA) is 161 Å². The Balaban J connectivity index is 1.29. The molecule has 4 aliphatic rings. The number of alkyl halides is 3. The third-order valence-electron chi connectivity index (χ3n) is 7.53. The van der Waals surface area contributed by atoms with E-state index in [0.717, 1.165) is 5.56 Å². The molecule has 5 N–H and O–H groups in total. The van der Waals surface area contributed by atoms with Gasteiger partial charge >= 0.3 is 197 Å². The molecule has 10 unspecified atom stereocenters. The molecule has 4 aliphatic heterocycles. The van der Waals surface area contributed by atoms with E-state index in [9.17, 15) is 32.6 Å². The number of urea groups is 1. The van der Waals surface area contributed by atoms with Gasteiger partial charge in [0.05, 0.1) is 0 Å². The molecule has 10 atom stereocenters. The fourth-order valence-electron chi connectivity index (χ4n) is 5.45. The van der Waals surface area contributed by atoms with Gasteiger partial charge in [0, 0.05) is 0 Å². The predicted molar refractivity (Wildman–Crippen MR) is 145 cm³/mol. The molecule has 0 bridgehead atoms. The Hall–Kier alpha value is -1.34. The monoisotopic (exact) mass is 644 g/mol. The van der Waals surface area contributed by atoms with E-state index in [1.165, 1.54) is 9.80 Å². The van der Waals surface area contributed by atoms with E-state index in [4.69, 9.17) is 23.5 Å². The molecule has 4 fully saturated rings. The fourth-order valence-corrected chi connectivity index (χ4v) is 6.00. The zero-order valence-electron chi connectivity index (χ0n) is 22.8. The van der Waals surface area contributed by atoms with Crippen molar-refractivity contribution in [3.8, 4) is 0 Å². The van der Waals surface area contributed by atoms with Crippen molar-refractivity contribution >= 4 is 26.8 Å². The number of benzene rings is 1. The van der Waals surface area contributed by atoms with Crippen LogP contribution in [0.5, 0.6) is 0 Å². The Bertz CT molecular complexity index is 1090. The van der Waals surface area contributed by atoms with Gasteiger partial charge in [-0.05, 0) is 5.56 Å². The van der Waals surface area contributed by atoms with Crippen LogP contribution in [-0.2, 0) is 23.5 Å². The summed E-state index contributed by atoms with van der Waals surface area (Å²) in [5, 5.41) is 6.14. The quantitative estimate of drug-likeness (QED) is 0.0835. The summed E-state index contributed by atoms with van der Waals surface area (Å²) in [6, 6.07) is 9.09. The number of hydrogen-bond acceptors (Lipinski definition) is 12.